The number of aromatic amines is 1. The van der Waals surface area contributed by atoms with Gasteiger partial charge >= 0.3 is 0 Å². The van der Waals surface area contributed by atoms with Crippen molar-refractivity contribution in [2.75, 3.05) is 0 Å². The van der Waals surface area contributed by atoms with Crippen molar-refractivity contribution in [3.63, 3.8) is 0 Å². The molecule has 0 atom stereocenters. The molecule has 18 heavy (non-hydrogen) atoms. The van der Waals surface area contributed by atoms with Gasteiger partial charge in [0.1, 0.15) is 5.82 Å². The number of hydrogen-bond donors (Lipinski definition) is 1. The Kier molecular flexibility index (Phi) is 2.47. The van der Waals surface area contributed by atoms with E-state index in [0.29, 0.717) is 11.5 Å². The van der Waals surface area contributed by atoms with Gasteiger partial charge in [0.05, 0.1) is 5.69 Å². The lowest BCUT2D eigenvalue weighted by Gasteiger charge is -2.04. The topological polar surface area (TPSA) is 45.8 Å². The molecule has 92 valence electrons. The minimum absolute atomic E-state index is 0.272. The number of aromatic nitrogens is 2. The average molecular weight is 248 g/mol. The molecule has 0 amide bonds. The molecular formula is C13H10F2N2O. The highest BCUT2D eigenvalue weighted by Crippen LogP contribution is 2.38. The molecule has 0 unspecified atom stereocenters. The van der Waals surface area contributed by atoms with Crippen LogP contribution in [0.3, 0.4) is 0 Å². The van der Waals surface area contributed by atoms with E-state index in [9.17, 15) is 13.6 Å². The molecule has 0 saturated heterocycles. The molecule has 1 aliphatic carbocycles. The summed E-state index contributed by atoms with van der Waals surface area (Å²) in [6.45, 7) is 0. The molecule has 3 rings (SSSR count). The Hall–Kier alpha value is -2.04. The second-order valence-electron chi connectivity index (χ2n) is 4.42. The lowest BCUT2D eigenvalue weighted by atomic mass is 10.2. The highest BCUT2D eigenvalue weighted by Gasteiger charge is 2.26. The second kappa shape index (κ2) is 4.01. The summed E-state index contributed by atoms with van der Waals surface area (Å²) < 4.78 is 26.0. The van der Waals surface area contributed by atoms with Crippen molar-refractivity contribution in [1.29, 1.82) is 0 Å². The molecule has 0 aliphatic heterocycles. The Labute approximate surface area is 102 Å². The Morgan fingerprint density at radius 1 is 1.17 bits per heavy atom. The van der Waals surface area contributed by atoms with E-state index in [1.165, 1.54) is 12.1 Å². The summed E-state index contributed by atoms with van der Waals surface area (Å²) in [5.41, 5.74) is 0.818. The van der Waals surface area contributed by atoms with Crippen molar-refractivity contribution >= 4 is 0 Å². The van der Waals surface area contributed by atoms with Crippen LogP contribution in [0.4, 0.5) is 8.78 Å². The van der Waals surface area contributed by atoms with E-state index in [4.69, 9.17) is 0 Å². The van der Waals surface area contributed by atoms with Crippen LogP contribution in [0.2, 0.25) is 0 Å². The first-order chi connectivity index (χ1) is 8.63. The van der Waals surface area contributed by atoms with Crippen LogP contribution in [0.5, 0.6) is 0 Å². The van der Waals surface area contributed by atoms with Crippen molar-refractivity contribution in [2.24, 2.45) is 0 Å². The standard InChI is InChI=1S/C13H10F2N2O/c14-9-4-3-8(5-10(9)15)13-16-11(7-1-2-7)6-12(18)17-13/h3-7H,1-2H2,(H,16,17,18). The molecule has 1 aliphatic rings. The van der Waals surface area contributed by atoms with Gasteiger partial charge in [0, 0.05) is 17.5 Å². The molecule has 5 heteroatoms. The Morgan fingerprint density at radius 3 is 2.61 bits per heavy atom. The van der Waals surface area contributed by atoms with Gasteiger partial charge in [-0.15, -0.1) is 0 Å². The van der Waals surface area contributed by atoms with Crippen LogP contribution in [0.25, 0.3) is 11.4 Å². The van der Waals surface area contributed by atoms with E-state index in [1.54, 1.807) is 0 Å². The first-order valence-electron chi connectivity index (χ1n) is 5.70. The number of nitrogens with one attached hydrogen (secondary N) is 1. The molecule has 0 spiro atoms. The van der Waals surface area contributed by atoms with Gasteiger partial charge in [-0.25, -0.2) is 13.8 Å². The summed E-state index contributed by atoms with van der Waals surface area (Å²) in [6.07, 6.45) is 2.04. The average Bonchev–Trinajstić information content (AvgIpc) is 3.16. The summed E-state index contributed by atoms with van der Waals surface area (Å²) in [7, 11) is 0. The van der Waals surface area contributed by atoms with Gasteiger partial charge in [0.2, 0.25) is 0 Å². The predicted octanol–water partition coefficient (Wildman–Crippen LogP) is 2.59. The van der Waals surface area contributed by atoms with Crippen LogP contribution in [0.1, 0.15) is 24.5 Å². The van der Waals surface area contributed by atoms with E-state index in [2.05, 4.69) is 9.97 Å². The fourth-order valence-electron chi connectivity index (χ4n) is 1.84. The maximum absolute atomic E-state index is 13.1. The van der Waals surface area contributed by atoms with E-state index >= 15 is 0 Å². The van der Waals surface area contributed by atoms with Gasteiger partial charge in [-0.05, 0) is 31.0 Å². The molecular weight excluding hydrogens is 238 g/mol. The molecule has 0 radical (unpaired) electrons. The van der Waals surface area contributed by atoms with Gasteiger partial charge in [-0.2, -0.15) is 0 Å². The first kappa shape index (κ1) is 11.1. The Bertz CT molecular complexity index is 662. The monoisotopic (exact) mass is 248 g/mol. The quantitative estimate of drug-likeness (QED) is 0.887. The zero-order chi connectivity index (χ0) is 12.7. The fourth-order valence-corrected chi connectivity index (χ4v) is 1.84. The van der Waals surface area contributed by atoms with Crippen LogP contribution in [-0.2, 0) is 0 Å². The van der Waals surface area contributed by atoms with Crippen LogP contribution in [0.15, 0.2) is 29.1 Å². The van der Waals surface area contributed by atoms with Gasteiger partial charge in [-0.3, -0.25) is 4.79 Å². The van der Waals surface area contributed by atoms with Crippen molar-refractivity contribution in [3.8, 4) is 11.4 Å². The second-order valence-corrected chi connectivity index (χ2v) is 4.42. The minimum atomic E-state index is -0.952. The predicted molar refractivity (Wildman–Crippen MR) is 62.2 cm³/mol. The lowest BCUT2D eigenvalue weighted by Crippen LogP contribution is -2.10. The highest BCUT2D eigenvalue weighted by molar-refractivity contribution is 5.54. The number of rotatable bonds is 2. The van der Waals surface area contributed by atoms with Crippen LogP contribution >= 0.6 is 0 Å². The largest absolute Gasteiger partial charge is 0.307 e. The molecule has 1 heterocycles. The highest BCUT2D eigenvalue weighted by atomic mass is 19.2. The first-order valence-corrected chi connectivity index (χ1v) is 5.70. The molecule has 0 bridgehead atoms. The van der Waals surface area contributed by atoms with E-state index < -0.39 is 11.6 Å². The maximum atomic E-state index is 13.1. The zero-order valence-electron chi connectivity index (χ0n) is 9.41. The van der Waals surface area contributed by atoms with Gasteiger partial charge in [-0.1, -0.05) is 0 Å². The number of H-pyrrole nitrogens is 1. The molecule has 1 aromatic carbocycles. The summed E-state index contributed by atoms with van der Waals surface area (Å²) in [4.78, 5) is 18.3. The normalized spacial score (nSPS) is 14.8. The van der Waals surface area contributed by atoms with Gasteiger partial charge < -0.3 is 4.98 Å². The Balaban J connectivity index is 2.09. The van der Waals surface area contributed by atoms with Crippen LogP contribution in [-0.4, -0.2) is 9.97 Å². The SMILES string of the molecule is O=c1cc(C2CC2)nc(-c2ccc(F)c(F)c2)[nH]1. The molecule has 2 aromatic rings. The molecule has 1 fully saturated rings. The lowest BCUT2D eigenvalue weighted by molar-refractivity contribution is 0.509. The van der Waals surface area contributed by atoms with Crippen molar-refractivity contribution in [3.05, 3.63) is 51.9 Å². The van der Waals surface area contributed by atoms with E-state index in [-0.39, 0.29) is 11.4 Å². The summed E-state index contributed by atoms with van der Waals surface area (Å²) in [6, 6.07) is 4.91. The van der Waals surface area contributed by atoms with Crippen molar-refractivity contribution in [1.82, 2.24) is 9.97 Å². The number of hydrogen-bond acceptors (Lipinski definition) is 2. The van der Waals surface area contributed by atoms with Gasteiger partial charge in [0.25, 0.3) is 5.56 Å². The van der Waals surface area contributed by atoms with Gasteiger partial charge in [0.15, 0.2) is 11.6 Å². The third-order valence-electron chi connectivity index (χ3n) is 2.95. The van der Waals surface area contributed by atoms with Crippen molar-refractivity contribution in [2.45, 2.75) is 18.8 Å². The molecule has 1 aromatic heterocycles. The summed E-state index contributed by atoms with van der Waals surface area (Å²) in [5, 5.41) is 0. The molecule has 1 saturated carbocycles. The fraction of sp³-hybridized carbons (Fsp3) is 0.231. The number of benzene rings is 1. The number of nitrogens with zero attached hydrogens (tertiary/aromatic N) is 1. The maximum Gasteiger partial charge on any atom is 0.251 e. The van der Waals surface area contributed by atoms with E-state index in [0.717, 1.165) is 30.7 Å². The zero-order valence-corrected chi connectivity index (χ0v) is 9.41. The van der Waals surface area contributed by atoms with Crippen LogP contribution in [0, 0.1) is 11.6 Å². The van der Waals surface area contributed by atoms with Crippen LogP contribution < -0.4 is 5.56 Å². The Morgan fingerprint density at radius 2 is 1.94 bits per heavy atom. The third kappa shape index (κ3) is 2.03. The molecule has 1 N–H and O–H groups in total. The van der Waals surface area contributed by atoms with Crippen molar-refractivity contribution < 1.29 is 8.78 Å². The third-order valence-corrected chi connectivity index (χ3v) is 2.95. The summed E-state index contributed by atoms with van der Waals surface area (Å²) in [5.74, 6) is -1.26. The summed E-state index contributed by atoms with van der Waals surface area (Å²) >= 11 is 0. The molecule has 3 nitrogen and oxygen atoms in total. The minimum Gasteiger partial charge on any atom is -0.307 e. The smallest absolute Gasteiger partial charge is 0.251 e. The van der Waals surface area contributed by atoms with E-state index in [1.807, 2.05) is 0 Å². The number of halogens is 2.